The number of amides is 1. The van der Waals surface area contributed by atoms with Gasteiger partial charge in [-0.05, 0) is 29.8 Å². The summed E-state index contributed by atoms with van der Waals surface area (Å²) in [5.74, 6) is -0.260. The third kappa shape index (κ3) is 4.43. The van der Waals surface area contributed by atoms with Gasteiger partial charge in [0.1, 0.15) is 0 Å². The van der Waals surface area contributed by atoms with Crippen LogP contribution in [0.15, 0.2) is 24.5 Å². The van der Waals surface area contributed by atoms with E-state index in [9.17, 15) is 4.79 Å². The molecule has 0 fully saturated rings. The maximum absolute atomic E-state index is 11.4. The smallest absolute Gasteiger partial charge is 0.292 e. The van der Waals surface area contributed by atoms with Crippen molar-refractivity contribution in [1.29, 1.82) is 0 Å². The summed E-state index contributed by atoms with van der Waals surface area (Å²) in [5.41, 5.74) is 1.14. The van der Waals surface area contributed by atoms with Gasteiger partial charge in [-0.1, -0.05) is 6.07 Å². The fourth-order valence-corrected chi connectivity index (χ4v) is 1.49. The molecule has 100 valence electrons. The van der Waals surface area contributed by atoms with Crippen molar-refractivity contribution in [2.75, 3.05) is 13.1 Å². The average molecular weight is 261 g/mol. The number of nitrogens with one attached hydrogen (secondary N) is 3. The SMILES string of the molecule is O=C(NCCCNCc1cccnc1)c1nn[nH]n1. The second kappa shape index (κ2) is 7.17. The number of tetrazole rings is 1. The number of pyridine rings is 1. The molecule has 19 heavy (non-hydrogen) atoms. The van der Waals surface area contributed by atoms with Crippen molar-refractivity contribution in [2.24, 2.45) is 0 Å². The van der Waals surface area contributed by atoms with Crippen LogP contribution in [0, 0.1) is 0 Å². The van der Waals surface area contributed by atoms with Crippen LogP contribution in [0.25, 0.3) is 0 Å². The van der Waals surface area contributed by atoms with Crippen molar-refractivity contribution in [2.45, 2.75) is 13.0 Å². The molecule has 2 aromatic rings. The maximum atomic E-state index is 11.4. The zero-order valence-electron chi connectivity index (χ0n) is 10.3. The molecule has 8 nitrogen and oxygen atoms in total. The molecule has 0 atom stereocenters. The summed E-state index contributed by atoms with van der Waals surface area (Å²) in [6, 6.07) is 3.92. The van der Waals surface area contributed by atoms with Crippen molar-refractivity contribution < 1.29 is 4.79 Å². The summed E-state index contributed by atoms with van der Waals surface area (Å²) in [4.78, 5) is 15.5. The molecule has 0 bridgehead atoms. The van der Waals surface area contributed by atoms with Crippen LogP contribution >= 0.6 is 0 Å². The van der Waals surface area contributed by atoms with E-state index in [-0.39, 0.29) is 11.7 Å². The monoisotopic (exact) mass is 261 g/mol. The van der Waals surface area contributed by atoms with Gasteiger partial charge in [0.05, 0.1) is 0 Å². The third-order valence-corrected chi connectivity index (χ3v) is 2.42. The van der Waals surface area contributed by atoms with Crippen molar-refractivity contribution in [3.05, 3.63) is 35.9 Å². The molecule has 0 unspecified atom stereocenters. The molecule has 1 amide bonds. The van der Waals surface area contributed by atoms with E-state index in [0.717, 1.165) is 25.1 Å². The Balaban J connectivity index is 1.54. The summed E-state index contributed by atoms with van der Waals surface area (Å²) in [7, 11) is 0. The molecule has 2 rings (SSSR count). The summed E-state index contributed by atoms with van der Waals surface area (Å²) in [5, 5.41) is 18.7. The van der Waals surface area contributed by atoms with Crippen LogP contribution in [-0.2, 0) is 6.54 Å². The number of hydrogen-bond acceptors (Lipinski definition) is 6. The fourth-order valence-electron chi connectivity index (χ4n) is 1.49. The minimum absolute atomic E-state index is 0.0586. The summed E-state index contributed by atoms with van der Waals surface area (Å²) in [6.45, 7) is 2.14. The molecule has 0 spiro atoms. The molecule has 0 aliphatic rings. The van der Waals surface area contributed by atoms with Gasteiger partial charge in [-0.2, -0.15) is 5.21 Å². The summed E-state index contributed by atoms with van der Waals surface area (Å²) >= 11 is 0. The second-order valence-electron chi connectivity index (χ2n) is 3.88. The van der Waals surface area contributed by atoms with E-state index >= 15 is 0 Å². The first kappa shape index (κ1) is 13.1. The minimum atomic E-state index is -0.319. The lowest BCUT2D eigenvalue weighted by molar-refractivity contribution is 0.0943. The predicted molar refractivity (Wildman–Crippen MR) is 67.1 cm³/mol. The molecular weight excluding hydrogens is 246 g/mol. The minimum Gasteiger partial charge on any atom is -0.349 e. The number of nitrogens with zero attached hydrogens (tertiary/aromatic N) is 4. The fraction of sp³-hybridized carbons (Fsp3) is 0.364. The number of aromatic amines is 1. The van der Waals surface area contributed by atoms with Crippen molar-refractivity contribution in [1.82, 2.24) is 36.2 Å². The number of carbonyl (C=O) groups excluding carboxylic acids is 1. The molecular formula is C11H15N7O. The zero-order valence-corrected chi connectivity index (χ0v) is 10.3. The molecule has 2 heterocycles. The van der Waals surface area contributed by atoms with Gasteiger partial charge in [0.25, 0.3) is 11.7 Å². The Hall–Kier alpha value is -2.35. The number of carbonyl (C=O) groups is 1. The predicted octanol–water partition coefficient (Wildman–Crippen LogP) is -0.496. The van der Waals surface area contributed by atoms with E-state index in [2.05, 4.69) is 36.2 Å². The van der Waals surface area contributed by atoms with E-state index < -0.39 is 0 Å². The van der Waals surface area contributed by atoms with Crippen LogP contribution in [0.1, 0.15) is 22.6 Å². The Bertz CT molecular complexity index is 485. The van der Waals surface area contributed by atoms with E-state index in [1.54, 1.807) is 6.20 Å². The molecule has 0 saturated carbocycles. The summed E-state index contributed by atoms with van der Waals surface area (Å²) < 4.78 is 0. The molecule has 3 N–H and O–H groups in total. The van der Waals surface area contributed by atoms with Crippen LogP contribution in [0.3, 0.4) is 0 Å². The highest BCUT2D eigenvalue weighted by Crippen LogP contribution is 1.93. The van der Waals surface area contributed by atoms with E-state index in [0.29, 0.717) is 6.54 Å². The van der Waals surface area contributed by atoms with Gasteiger partial charge < -0.3 is 10.6 Å². The average Bonchev–Trinajstić information content (AvgIpc) is 2.98. The lowest BCUT2D eigenvalue weighted by atomic mass is 10.3. The second-order valence-corrected chi connectivity index (χ2v) is 3.88. The van der Waals surface area contributed by atoms with E-state index in [1.165, 1.54) is 0 Å². The highest BCUT2D eigenvalue weighted by Gasteiger charge is 2.08. The van der Waals surface area contributed by atoms with Gasteiger partial charge in [-0.3, -0.25) is 9.78 Å². The molecule has 0 aliphatic heterocycles. The highest BCUT2D eigenvalue weighted by atomic mass is 16.2. The Morgan fingerprint density at radius 1 is 1.37 bits per heavy atom. The summed E-state index contributed by atoms with van der Waals surface area (Å²) in [6.07, 6.45) is 4.39. The first-order valence-electron chi connectivity index (χ1n) is 5.97. The topological polar surface area (TPSA) is 108 Å². The lowest BCUT2D eigenvalue weighted by Gasteiger charge is -2.05. The number of aromatic nitrogens is 5. The van der Waals surface area contributed by atoms with E-state index in [4.69, 9.17) is 0 Å². The van der Waals surface area contributed by atoms with Gasteiger partial charge >= 0.3 is 0 Å². The highest BCUT2D eigenvalue weighted by molar-refractivity contribution is 5.89. The Morgan fingerprint density at radius 2 is 2.32 bits per heavy atom. The Morgan fingerprint density at radius 3 is 3.05 bits per heavy atom. The number of rotatable bonds is 7. The molecule has 0 aromatic carbocycles. The van der Waals surface area contributed by atoms with Gasteiger partial charge in [0.15, 0.2) is 0 Å². The zero-order chi connectivity index (χ0) is 13.3. The number of hydrogen-bond donors (Lipinski definition) is 3. The molecule has 0 aliphatic carbocycles. The van der Waals surface area contributed by atoms with Crippen LogP contribution in [-0.4, -0.2) is 44.6 Å². The molecule has 2 aromatic heterocycles. The third-order valence-electron chi connectivity index (χ3n) is 2.42. The molecule has 8 heteroatoms. The van der Waals surface area contributed by atoms with Crippen molar-refractivity contribution in [3.63, 3.8) is 0 Å². The first-order chi connectivity index (χ1) is 9.36. The van der Waals surface area contributed by atoms with Crippen LogP contribution in [0.2, 0.25) is 0 Å². The standard InChI is InChI=1S/C11H15N7O/c19-11(10-15-17-18-16-10)14-6-2-5-13-8-9-3-1-4-12-7-9/h1,3-4,7,13H,2,5-6,8H2,(H,14,19)(H,15,16,17,18). The van der Waals surface area contributed by atoms with Crippen LogP contribution in [0.4, 0.5) is 0 Å². The van der Waals surface area contributed by atoms with Crippen molar-refractivity contribution >= 4 is 5.91 Å². The molecule has 0 radical (unpaired) electrons. The van der Waals surface area contributed by atoms with E-state index in [1.807, 2.05) is 18.3 Å². The first-order valence-corrected chi connectivity index (χ1v) is 5.97. The van der Waals surface area contributed by atoms with Crippen LogP contribution in [0.5, 0.6) is 0 Å². The Labute approximate surface area is 110 Å². The largest absolute Gasteiger partial charge is 0.349 e. The lowest BCUT2D eigenvalue weighted by Crippen LogP contribution is -2.28. The Kier molecular flexibility index (Phi) is 4.94. The van der Waals surface area contributed by atoms with Crippen molar-refractivity contribution in [3.8, 4) is 0 Å². The quantitative estimate of drug-likeness (QED) is 0.580. The van der Waals surface area contributed by atoms with Gasteiger partial charge in [-0.25, -0.2) is 0 Å². The maximum Gasteiger partial charge on any atom is 0.292 e. The van der Waals surface area contributed by atoms with Crippen LogP contribution < -0.4 is 10.6 Å². The number of H-pyrrole nitrogens is 1. The normalized spacial score (nSPS) is 10.3. The van der Waals surface area contributed by atoms with Gasteiger partial charge in [0.2, 0.25) is 0 Å². The van der Waals surface area contributed by atoms with Gasteiger partial charge in [-0.15, -0.1) is 10.2 Å². The molecule has 0 saturated heterocycles. The van der Waals surface area contributed by atoms with Gasteiger partial charge in [0, 0.05) is 25.5 Å².